The Balaban J connectivity index is 3.18. The van der Waals surface area contributed by atoms with E-state index in [0.29, 0.717) is 4.57 Å². The number of hydrogen-bond donors (Lipinski definition) is 2. The quantitative estimate of drug-likeness (QED) is 0.651. The van der Waals surface area contributed by atoms with Crippen LogP contribution in [-0.2, 0) is 10.4 Å². The molecule has 0 aliphatic rings. The van der Waals surface area contributed by atoms with Gasteiger partial charge in [-0.05, 0) is 6.07 Å². The molecule has 0 saturated heterocycles. The third kappa shape index (κ3) is 3.10. The summed E-state index contributed by atoms with van der Waals surface area (Å²) in [6.07, 6.45) is 0.259. The van der Waals surface area contributed by atoms with Crippen molar-refractivity contribution in [2.45, 2.75) is 17.7 Å². The van der Waals surface area contributed by atoms with Crippen molar-refractivity contribution >= 4 is 13.7 Å². The molecule has 2 radical (unpaired) electrons. The van der Waals surface area contributed by atoms with Gasteiger partial charge in [0.2, 0.25) is 0 Å². The molecule has 0 fully saturated rings. The Morgan fingerprint density at radius 2 is 2.42 bits per heavy atom. The fourth-order valence-electron chi connectivity index (χ4n) is 1.50. The van der Waals surface area contributed by atoms with Crippen molar-refractivity contribution in [1.82, 2.24) is 9.55 Å². The van der Waals surface area contributed by atoms with Crippen LogP contribution in [0.4, 0.5) is 10.2 Å². The predicted octanol–water partition coefficient (Wildman–Crippen LogP) is -1.14. The average molecular weight is 266 g/mol. The van der Waals surface area contributed by atoms with Gasteiger partial charge in [0.25, 0.3) is 0 Å². The molecule has 0 spiro atoms. The second-order valence-electron chi connectivity index (χ2n) is 3.97. The van der Waals surface area contributed by atoms with Gasteiger partial charge in [-0.25, -0.2) is 9.18 Å². The summed E-state index contributed by atoms with van der Waals surface area (Å²) in [5, 5.41) is 18.0. The molecule has 1 unspecified atom stereocenters. The summed E-state index contributed by atoms with van der Waals surface area (Å²) in [6, 6.07) is 2.80. The first-order valence-electron chi connectivity index (χ1n) is 5.21. The third-order valence-corrected chi connectivity index (χ3v) is 2.61. The van der Waals surface area contributed by atoms with Crippen LogP contribution in [0.15, 0.2) is 17.1 Å². The highest BCUT2D eigenvalue weighted by molar-refractivity contribution is 6.12. The lowest BCUT2D eigenvalue weighted by Crippen LogP contribution is -2.47. The minimum Gasteiger partial charge on any atom is -0.392 e. The molecule has 19 heavy (non-hydrogen) atoms. The Morgan fingerprint density at radius 3 is 2.84 bits per heavy atom. The molecule has 7 nitrogen and oxygen atoms in total. The number of nitrogens with two attached hydrogens (primary N) is 1. The first kappa shape index (κ1) is 15.1. The van der Waals surface area contributed by atoms with E-state index < -0.39 is 30.0 Å². The first-order valence-corrected chi connectivity index (χ1v) is 5.21. The van der Waals surface area contributed by atoms with E-state index in [2.05, 4.69) is 4.98 Å². The van der Waals surface area contributed by atoms with Gasteiger partial charge in [0.1, 0.15) is 17.6 Å². The largest absolute Gasteiger partial charge is 0.392 e. The normalized spacial score (nSPS) is 17.2. The Kier molecular flexibility index (Phi) is 4.29. The lowest BCUT2D eigenvalue weighted by molar-refractivity contribution is -0.0498. The Bertz CT molecular complexity index is 550. The highest BCUT2D eigenvalue weighted by Crippen LogP contribution is 2.27. The molecule has 9 heteroatoms. The minimum absolute atomic E-state index is 0.0857. The van der Waals surface area contributed by atoms with Gasteiger partial charge in [-0.1, -0.05) is 0 Å². The summed E-state index contributed by atoms with van der Waals surface area (Å²) in [6.45, 7) is -0.778. The number of hydrogen-bond acceptors (Lipinski definition) is 6. The van der Waals surface area contributed by atoms with Crippen molar-refractivity contribution in [2.24, 2.45) is 0 Å². The predicted molar refractivity (Wildman–Crippen MR) is 64.8 cm³/mol. The molecule has 0 aromatic carbocycles. The molecule has 1 aromatic rings. The van der Waals surface area contributed by atoms with Crippen LogP contribution in [0.5, 0.6) is 0 Å². The molecule has 2 atom stereocenters. The molecule has 100 valence electrons. The van der Waals surface area contributed by atoms with Crippen LogP contribution in [-0.4, -0.2) is 41.8 Å². The van der Waals surface area contributed by atoms with E-state index in [0.717, 1.165) is 13.3 Å². The monoisotopic (exact) mass is 266 g/mol. The van der Waals surface area contributed by atoms with E-state index in [1.807, 2.05) is 0 Å². The number of nitrogen functional groups attached to an aromatic ring is 1. The highest BCUT2D eigenvalue weighted by Gasteiger charge is 2.40. The number of aliphatic hydroxyl groups excluding tert-OH is 1. The number of nitrogens with zero attached hydrogens (tertiary/aromatic N) is 3. The average Bonchev–Trinajstić information content (AvgIpc) is 2.35. The molecule has 0 saturated carbocycles. The second kappa shape index (κ2) is 5.38. The maximum atomic E-state index is 14.4. The summed E-state index contributed by atoms with van der Waals surface area (Å²) < 4.78 is 19.6. The summed E-state index contributed by atoms with van der Waals surface area (Å²) in [5.41, 5.74) is -0.351. The zero-order chi connectivity index (χ0) is 14.7. The summed E-state index contributed by atoms with van der Waals surface area (Å²) in [5.74, 6) is -0.0857. The molecule has 1 aromatic heterocycles. The number of aliphatic hydroxyl groups is 1. The molecule has 0 aliphatic carbocycles. The number of ether oxygens (including phenoxy) is 1. The van der Waals surface area contributed by atoms with Gasteiger partial charge in [0, 0.05) is 19.7 Å². The standard InChI is InChI=1S/C10H12BFN4O3/c1-19-9(5-13,6-17)4-10(11,12)16-3-2-7(14)15-8(16)18/h2-3,17H,4,6H2,1H3,(H2,14,15,18)/t9?,10-/m1/s1. The van der Waals surface area contributed by atoms with Gasteiger partial charge >= 0.3 is 5.69 Å². The number of aromatic nitrogens is 2. The van der Waals surface area contributed by atoms with Crippen LogP contribution >= 0.6 is 0 Å². The molecule has 0 bridgehead atoms. The van der Waals surface area contributed by atoms with E-state index in [9.17, 15) is 9.18 Å². The lowest BCUT2D eigenvalue weighted by atomic mass is 9.82. The zero-order valence-electron chi connectivity index (χ0n) is 10.2. The van der Waals surface area contributed by atoms with Crippen LogP contribution in [0.2, 0.25) is 0 Å². The number of alkyl halides is 1. The first-order chi connectivity index (χ1) is 8.80. The van der Waals surface area contributed by atoms with E-state index >= 15 is 0 Å². The van der Waals surface area contributed by atoms with Crippen molar-refractivity contribution in [2.75, 3.05) is 19.5 Å². The van der Waals surface area contributed by atoms with Gasteiger partial charge in [-0.2, -0.15) is 10.2 Å². The Morgan fingerprint density at radius 1 is 1.79 bits per heavy atom. The Hall–Kier alpha value is -1.92. The number of methoxy groups -OCH3 is 1. The smallest absolute Gasteiger partial charge is 0.351 e. The molecule has 1 heterocycles. The van der Waals surface area contributed by atoms with Crippen LogP contribution < -0.4 is 11.4 Å². The maximum Gasteiger partial charge on any atom is 0.351 e. The van der Waals surface area contributed by atoms with Crippen LogP contribution in [0.1, 0.15) is 6.42 Å². The molecule has 0 amide bonds. The van der Waals surface area contributed by atoms with Gasteiger partial charge in [-0.15, -0.1) is 0 Å². The van der Waals surface area contributed by atoms with E-state index in [1.54, 1.807) is 6.07 Å². The van der Waals surface area contributed by atoms with Gasteiger partial charge in [0.15, 0.2) is 13.4 Å². The number of rotatable bonds is 5. The van der Waals surface area contributed by atoms with Crippen LogP contribution in [0.25, 0.3) is 0 Å². The fourth-order valence-corrected chi connectivity index (χ4v) is 1.50. The summed E-state index contributed by atoms with van der Waals surface area (Å²) in [4.78, 5) is 14.8. The van der Waals surface area contributed by atoms with Crippen molar-refractivity contribution in [3.63, 3.8) is 0 Å². The SMILES string of the molecule is [B][C@@](F)(CC(C#N)(CO)OC)n1ccc(N)nc1=O. The zero-order valence-corrected chi connectivity index (χ0v) is 10.2. The molecular formula is C10H12BFN4O3. The fraction of sp³-hybridized carbons (Fsp3) is 0.500. The van der Waals surface area contributed by atoms with Crippen molar-refractivity contribution in [1.29, 1.82) is 5.26 Å². The van der Waals surface area contributed by atoms with Crippen molar-refractivity contribution in [3.8, 4) is 6.07 Å². The van der Waals surface area contributed by atoms with E-state index in [4.69, 9.17) is 28.7 Å². The summed E-state index contributed by atoms with van der Waals surface area (Å²) >= 11 is 0. The van der Waals surface area contributed by atoms with E-state index in [-0.39, 0.29) is 5.82 Å². The van der Waals surface area contributed by atoms with Gasteiger partial charge in [0.05, 0.1) is 6.61 Å². The van der Waals surface area contributed by atoms with E-state index in [1.165, 1.54) is 6.07 Å². The van der Waals surface area contributed by atoms with Crippen LogP contribution in [0.3, 0.4) is 0 Å². The second-order valence-corrected chi connectivity index (χ2v) is 3.97. The molecule has 0 aliphatic heterocycles. The number of anilines is 1. The third-order valence-electron chi connectivity index (χ3n) is 2.61. The molecular weight excluding hydrogens is 254 g/mol. The minimum atomic E-state index is -2.76. The Labute approximate surface area is 109 Å². The topological polar surface area (TPSA) is 114 Å². The van der Waals surface area contributed by atoms with Crippen LogP contribution in [0, 0.1) is 11.3 Å². The van der Waals surface area contributed by atoms with Crippen molar-refractivity contribution < 1.29 is 14.2 Å². The van der Waals surface area contributed by atoms with Crippen molar-refractivity contribution in [3.05, 3.63) is 22.7 Å². The van der Waals surface area contributed by atoms with Gasteiger partial charge in [-0.3, -0.25) is 4.57 Å². The van der Waals surface area contributed by atoms with Gasteiger partial charge < -0.3 is 15.6 Å². The summed E-state index contributed by atoms with van der Waals surface area (Å²) in [7, 11) is 6.50. The lowest BCUT2D eigenvalue weighted by Gasteiger charge is -2.31. The number of halogens is 1. The maximum absolute atomic E-state index is 14.4. The highest BCUT2D eigenvalue weighted by atomic mass is 19.1. The number of nitriles is 1. The molecule has 1 rings (SSSR count). The molecule has 3 N–H and O–H groups in total.